The Morgan fingerprint density at radius 1 is 1.14 bits per heavy atom. The number of nitro groups is 1. The molecule has 2 aromatic rings. The third kappa shape index (κ3) is 4.44. The molecule has 28 heavy (non-hydrogen) atoms. The molecule has 0 bridgehead atoms. The van der Waals surface area contributed by atoms with Gasteiger partial charge in [0.25, 0.3) is 5.69 Å². The number of rotatable bonds is 6. The van der Waals surface area contributed by atoms with Gasteiger partial charge in [-0.1, -0.05) is 29.3 Å². The molecule has 148 valence electrons. The van der Waals surface area contributed by atoms with Gasteiger partial charge in [0.1, 0.15) is 5.69 Å². The quantitative estimate of drug-likeness (QED) is 0.411. The van der Waals surface area contributed by atoms with Gasteiger partial charge in [0, 0.05) is 29.7 Å². The van der Waals surface area contributed by atoms with Gasteiger partial charge in [-0.05, 0) is 37.1 Å². The van der Waals surface area contributed by atoms with E-state index in [0.717, 1.165) is 18.9 Å². The summed E-state index contributed by atoms with van der Waals surface area (Å²) < 4.78 is 26.6. The molecule has 11 heteroatoms. The summed E-state index contributed by atoms with van der Waals surface area (Å²) in [5.41, 5.74) is 2.80. The Morgan fingerprint density at radius 3 is 2.50 bits per heavy atom. The standard InChI is InChI=1S/C17H16Cl2N4O4S/c18-13-4-3-12(15(19)9-13)11-20-21-16-6-5-14(10-17(16)23(24)25)28(26,27)22-7-1-2-8-22/h3-6,9-11,21H,1-2,7-8H2/b20-11+. The number of anilines is 1. The maximum atomic E-state index is 12.6. The highest BCUT2D eigenvalue weighted by molar-refractivity contribution is 7.89. The molecular weight excluding hydrogens is 427 g/mol. The normalized spacial score (nSPS) is 15.2. The van der Waals surface area contributed by atoms with Gasteiger partial charge in [0.05, 0.1) is 21.1 Å². The first-order chi connectivity index (χ1) is 13.3. The maximum Gasteiger partial charge on any atom is 0.295 e. The van der Waals surface area contributed by atoms with Crippen LogP contribution in [-0.4, -0.2) is 37.0 Å². The van der Waals surface area contributed by atoms with E-state index in [4.69, 9.17) is 23.2 Å². The minimum absolute atomic E-state index is 0.0618. The lowest BCUT2D eigenvalue weighted by Crippen LogP contribution is -2.27. The second-order valence-electron chi connectivity index (χ2n) is 6.08. The molecule has 1 N–H and O–H groups in total. The molecule has 0 aliphatic carbocycles. The van der Waals surface area contributed by atoms with Crippen LogP contribution in [0.2, 0.25) is 10.0 Å². The van der Waals surface area contributed by atoms with E-state index in [2.05, 4.69) is 10.5 Å². The first-order valence-electron chi connectivity index (χ1n) is 8.32. The van der Waals surface area contributed by atoms with E-state index >= 15 is 0 Å². The van der Waals surface area contributed by atoms with E-state index in [9.17, 15) is 18.5 Å². The van der Waals surface area contributed by atoms with Crippen LogP contribution in [0.1, 0.15) is 18.4 Å². The fourth-order valence-corrected chi connectivity index (χ4v) is 4.77. The average molecular weight is 443 g/mol. The fourth-order valence-electron chi connectivity index (χ4n) is 2.77. The first kappa shape index (κ1) is 20.5. The zero-order valence-corrected chi connectivity index (χ0v) is 16.8. The number of hydrogen-bond donors (Lipinski definition) is 1. The number of hydrogen-bond acceptors (Lipinski definition) is 6. The lowest BCUT2D eigenvalue weighted by Gasteiger charge is -2.15. The smallest absolute Gasteiger partial charge is 0.272 e. The summed E-state index contributed by atoms with van der Waals surface area (Å²) in [6, 6.07) is 8.52. The van der Waals surface area contributed by atoms with Gasteiger partial charge in [0.2, 0.25) is 10.0 Å². The summed E-state index contributed by atoms with van der Waals surface area (Å²) in [5.74, 6) is 0. The van der Waals surface area contributed by atoms with Crippen molar-refractivity contribution in [1.82, 2.24) is 4.31 Å². The van der Waals surface area contributed by atoms with E-state index in [1.54, 1.807) is 18.2 Å². The average Bonchev–Trinajstić information content (AvgIpc) is 3.19. The third-order valence-corrected chi connectivity index (χ3v) is 6.68. The van der Waals surface area contributed by atoms with Gasteiger partial charge in [-0.15, -0.1) is 0 Å². The molecule has 2 aromatic carbocycles. The van der Waals surface area contributed by atoms with Crippen molar-refractivity contribution in [3.05, 3.63) is 62.1 Å². The molecule has 0 atom stereocenters. The van der Waals surface area contributed by atoms with Gasteiger partial charge in [0.15, 0.2) is 0 Å². The molecule has 1 aliphatic rings. The molecule has 0 aromatic heterocycles. The summed E-state index contributed by atoms with van der Waals surface area (Å²) in [6.45, 7) is 0.838. The first-order valence-corrected chi connectivity index (χ1v) is 10.5. The van der Waals surface area contributed by atoms with E-state index in [1.807, 2.05) is 0 Å². The highest BCUT2D eigenvalue weighted by atomic mass is 35.5. The van der Waals surface area contributed by atoms with Crippen LogP contribution in [0.25, 0.3) is 0 Å². The zero-order chi connectivity index (χ0) is 20.3. The van der Waals surface area contributed by atoms with Crippen LogP contribution in [0.4, 0.5) is 11.4 Å². The van der Waals surface area contributed by atoms with E-state index in [0.29, 0.717) is 28.7 Å². The Kier molecular flexibility index (Phi) is 6.19. The molecule has 0 unspecified atom stereocenters. The van der Waals surface area contributed by atoms with Crippen LogP contribution >= 0.6 is 23.2 Å². The highest BCUT2D eigenvalue weighted by Crippen LogP contribution is 2.30. The highest BCUT2D eigenvalue weighted by Gasteiger charge is 2.29. The van der Waals surface area contributed by atoms with Crippen molar-refractivity contribution in [3.63, 3.8) is 0 Å². The molecule has 3 rings (SSSR count). The van der Waals surface area contributed by atoms with Crippen LogP contribution in [-0.2, 0) is 10.0 Å². The van der Waals surface area contributed by atoms with E-state index in [-0.39, 0.29) is 16.3 Å². The lowest BCUT2D eigenvalue weighted by molar-refractivity contribution is -0.384. The minimum Gasteiger partial charge on any atom is -0.272 e. The third-order valence-electron chi connectivity index (χ3n) is 4.22. The van der Waals surface area contributed by atoms with Crippen molar-refractivity contribution in [2.24, 2.45) is 5.10 Å². The molecule has 0 spiro atoms. The van der Waals surface area contributed by atoms with Gasteiger partial charge in [-0.25, -0.2) is 8.42 Å². The Hall–Kier alpha value is -2.20. The van der Waals surface area contributed by atoms with E-state index < -0.39 is 14.9 Å². The van der Waals surface area contributed by atoms with Crippen LogP contribution in [0.5, 0.6) is 0 Å². The van der Waals surface area contributed by atoms with Crippen LogP contribution < -0.4 is 5.43 Å². The molecule has 0 amide bonds. The molecular formula is C17H16Cl2N4O4S. The number of halogens is 2. The summed E-state index contributed by atoms with van der Waals surface area (Å²) in [5, 5.41) is 16.2. The van der Waals surface area contributed by atoms with Crippen molar-refractivity contribution >= 4 is 50.8 Å². The van der Waals surface area contributed by atoms with Crippen molar-refractivity contribution in [1.29, 1.82) is 0 Å². The van der Waals surface area contributed by atoms with Crippen molar-refractivity contribution in [3.8, 4) is 0 Å². The number of hydrazone groups is 1. The Morgan fingerprint density at radius 2 is 1.86 bits per heavy atom. The van der Waals surface area contributed by atoms with Crippen molar-refractivity contribution in [2.75, 3.05) is 18.5 Å². The molecule has 0 saturated carbocycles. The predicted molar refractivity (Wildman–Crippen MR) is 109 cm³/mol. The molecule has 1 aliphatic heterocycles. The second-order valence-corrected chi connectivity index (χ2v) is 8.86. The van der Waals surface area contributed by atoms with E-state index in [1.165, 1.54) is 22.7 Å². The van der Waals surface area contributed by atoms with Crippen molar-refractivity contribution in [2.45, 2.75) is 17.7 Å². The van der Waals surface area contributed by atoms with Gasteiger partial charge in [-0.3, -0.25) is 15.5 Å². The topological polar surface area (TPSA) is 105 Å². The lowest BCUT2D eigenvalue weighted by atomic mass is 10.2. The number of nitrogens with one attached hydrogen (secondary N) is 1. The fraction of sp³-hybridized carbons (Fsp3) is 0.235. The molecule has 1 heterocycles. The summed E-state index contributed by atoms with van der Waals surface area (Å²) >= 11 is 11.9. The van der Waals surface area contributed by atoms with Gasteiger partial charge < -0.3 is 0 Å². The SMILES string of the molecule is O=[N+]([O-])c1cc(S(=O)(=O)N2CCCC2)ccc1N/N=C/c1ccc(Cl)cc1Cl. The molecule has 1 saturated heterocycles. The summed E-state index contributed by atoms with van der Waals surface area (Å²) in [7, 11) is -3.75. The Balaban J connectivity index is 1.85. The predicted octanol–water partition coefficient (Wildman–Crippen LogP) is 4.13. The number of nitrogens with zero attached hydrogens (tertiary/aromatic N) is 3. The number of sulfonamides is 1. The maximum absolute atomic E-state index is 12.6. The summed E-state index contributed by atoms with van der Waals surface area (Å²) in [4.78, 5) is 10.6. The zero-order valence-electron chi connectivity index (χ0n) is 14.5. The second kappa shape index (κ2) is 8.44. The van der Waals surface area contributed by atoms with Crippen molar-refractivity contribution < 1.29 is 13.3 Å². The number of nitro benzene ring substituents is 1. The monoisotopic (exact) mass is 442 g/mol. The van der Waals surface area contributed by atoms with Gasteiger partial charge >= 0.3 is 0 Å². The molecule has 8 nitrogen and oxygen atoms in total. The van der Waals surface area contributed by atoms with Crippen LogP contribution in [0, 0.1) is 10.1 Å². The summed E-state index contributed by atoms with van der Waals surface area (Å²) in [6.07, 6.45) is 2.95. The largest absolute Gasteiger partial charge is 0.295 e. The number of benzene rings is 2. The Labute approximate surface area is 172 Å². The molecule has 0 radical (unpaired) electrons. The van der Waals surface area contributed by atoms with Crippen LogP contribution in [0.3, 0.4) is 0 Å². The van der Waals surface area contributed by atoms with Crippen LogP contribution in [0.15, 0.2) is 46.4 Å². The van der Waals surface area contributed by atoms with Gasteiger partial charge in [-0.2, -0.15) is 9.41 Å². The molecule has 1 fully saturated rings. The Bertz CT molecular complexity index is 1040. The minimum atomic E-state index is -3.75.